The van der Waals surface area contributed by atoms with Crippen molar-refractivity contribution < 1.29 is 9.53 Å². The van der Waals surface area contributed by atoms with E-state index in [4.69, 9.17) is 11.6 Å². The Balaban J connectivity index is 0. The third kappa shape index (κ3) is 6.80. The van der Waals surface area contributed by atoms with Gasteiger partial charge in [0.05, 0.1) is 12.7 Å². The summed E-state index contributed by atoms with van der Waals surface area (Å²) in [5.41, 5.74) is 1.05. The van der Waals surface area contributed by atoms with E-state index in [1.54, 1.807) is 24.3 Å². The minimum Gasteiger partial charge on any atom is -0.465 e. The van der Waals surface area contributed by atoms with E-state index in [9.17, 15) is 4.79 Å². The van der Waals surface area contributed by atoms with Crippen LogP contribution in [0.15, 0.2) is 30.8 Å². The molecule has 1 rings (SSSR count). The van der Waals surface area contributed by atoms with Crippen molar-refractivity contribution in [3.05, 3.63) is 41.4 Å². The molecule has 1 aromatic rings. The molecule has 0 unspecified atom stereocenters. The highest BCUT2D eigenvalue weighted by atomic mass is 35.5. The zero-order chi connectivity index (χ0) is 13.8. The number of hydrogen-bond acceptors (Lipinski definition) is 2. The molecule has 0 bridgehead atoms. The Hall–Kier alpha value is -1.28. The van der Waals surface area contributed by atoms with Gasteiger partial charge in [0.2, 0.25) is 0 Å². The smallest absolute Gasteiger partial charge is 0.337 e. The van der Waals surface area contributed by atoms with Gasteiger partial charge in [0.1, 0.15) is 0 Å². The maximum absolute atomic E-state index is 11.0. The summed E-state index contributed by atoms with van der Waals surface area (Å²) >= 11 is 5.68. The molecular formula is C14H21ClO2. The van der Waals surface area contributed by atoms with Crippen molar-refractivity contribution in [1.29, 1.82) is 0 Å². The van der Waals surface area contributed by atoms with Crippen LogP contribution in [0.3, 0.4) is 0 Å². The first-order valence-electron chi connectivity index (χ1n) is 5.68. The lowest BCUT2D eigenvalue weighted by Gasteiger charge is -2.02. The number of halogens is 1. The highest BCUT2D eigenvalue weighted by Gasteiger charge is 2.08. The maximum atomic E-state index is 11.0. The van der Waals surface area contributed by atoms with Crippen LogP contribution in [0.2, 0.25) is 5.02 Å². The molecule has 1 aromatic carbocycles. The van der Waals surface area contributed by atoms with Gasteiger partial charge >= 0.3 is 5.97 Å². The predicted molar refractivity (Wildman–Crippen MR) is 75.2 cm³/mol. The van der Waals surface area contributed by atoms with Gasteiger partial charge in [-0.15, -0.1) is 0 Å². The van der Waals surface area contributed by atoms with E-state index < -0.39 is 5.97 Å². The van der Waals surface area contributed by atoms with Crippen LogP contribution in [0.4, 0.5) is 0 Å². The molecule has 0 N–H and O–H groups in total. The molecule has 0 aromatic heterocycles. The molecule has 0 amide bonds. The van der Waals surface area contributed by atoms with Crippen molar-refractivity contribution in [1.82, 2.24) is 0 Å². The molecule has 2 nitrogen and oxygen atoms in total. The fraction of sp³-hybridized carbons (Fsp3) is 0.357. The predicted octanol–water partition coefficient (Wildman–Crippen LogP) is 4.58. The van der Waals surface area contributed by atoms with E-state index >= 15 is 0 Å². The maximum Gasteiger partial charge on any atom is 0.337 e. The number of benzene rings is 1. The summed E-state index contributed by atoms with van der Waals surface area (Å²) in [6.45, 7) is 11.6. The van der Waals surface area contributed by atoms with Crippen LogP contribution in [0, 0.1) is 0 Å². The molecule has 0 atom stereocenters. The molecule has 0 fully saturated rings. The molecule has 3 heteroatoms. The molecular weight excluding hydrogens is 236 g/mol. The van der Waals surface area contributed by atoms with Gasteiger partial charge in [-0.25, -0.2) is 4.79 Å². The van der Waals surface area contributed by atoms with Crippen LogP contribution in [0.25, 0.3) is 5.57 Å². The lowest BCUT2D eigenvalue weighted by atomic mass is 10.1. The van der Waals surface area contributed by atoms with Crippen LogP contribution in [-0.2, 0) is 9.53 Å². The molecule has 96 valence electrons. The summed E-state index contributed by atoms with van der Waals surface area (Å²) < 4.78 is 4.53. The zero-order valence-electron chi connectivity index (χ0n) is 11.2. The Morgan fingerprint density at radius 2 is 1.53 bits per heavy atom. The summed E-state index contributed by atoms with van der Waals surface area (Å²) in [5, 5.41) is 0.626. The summed E-state index contributed by atoms with van der Waals surface area (Å²) in [6, 6.07) is 6.85. The van der Waals surface area contributed by atoms with E-state index in [2.05, 4.69) is 11.3 Å². The molecule has 0 aliphatic heterocycles. The van der Waals surface area contributed by atoms with E-state index in [0.29, 0.717) is 10.6 Å². The monoisotopic (exact) mass is 256 g/mol. The van der Waals surface area contributed by atoms with Gasteiger partial charge in [-0.2, -0.15) is 0 Å². The second-order valence-electron chi connectivity index (χ2n) is 2.48. The Kier molecular flexibility index (Phi) is 11.9. The Morgan fingerprint density at radius 3 is 1.88 bits per heavy atom. The van der Waals surface area contributed by atoms with Crippen molar-refractivity contribution in [2.45, 2.75) is 27.7 Å². The summed E-state index contributed by atoms with van der Waals surface area (Å²) in [7, 11) is 1.32. The van der Waals surface area contributed by atoms with E-state index in [0.717, 1.165) is 5.56 Å². The first-order valence-corrected chi connectivity index (χ1v) is 6.06. The molecule has 17 heavy (non-hydrogen) atoms. The van der Waals surface area contributed by atoms with Gasteiger partial charge in [0.25, 0.3) is 0 Å². The second-order valence-corrected chi connectivity index (χ2v) is 2.91. The number of hydrogen-bond donors (Lipinski definition) is 0. The summed E-state index contributed by atoms with van der Waals surface area (Å²) in [4.78, 5) is 11.0. The molecule has 0 saturated carbocycles. The SMILES string of the molecule is C=C(C(=O)OC)c1ccc(Cl)cc1.CC.CC. The van der Waals surface area contributed by atoms with Crippen LogP contribution < -0.4 is 0 Å². The Morgan fingerprint density at radius 1 is 1.12 bits per heavy atom. The fourth-order valence-electron chi connectivity index (χ4n) is 0.892. The normalized spacial score (nSPS) is 7.88. The number of carbonyl (C=O) groups excluding carboxylic acids is 1. The average Bonchev–Trinajstić information content (AvgIpc) is 2.42. The van der Waals surface area contributed by atoms with Crippen LogP contribution in [-0.4, -0.2) is 13.1 Å². The van der Waals surface area contributed by atoms with Gasteiger partial charge < -0.3 is 4.74 Å². The minimum absolute atomic E-state index is 0.333. The first-order chi connectivity index (χ1) is 8.15. The number of rotatable bonds is 2. The second kappa shape index (κ2) is 11.2. The molecule has 0 heterocycles. The first kappa shape index (κ1) is 18.1. The van der Waals surface area contributed by atoms with Crippen molar-refractivity contribution >= 4 is 23.1 Å². The number of methoxy groups -OCH3 is 1. The van der Waals surface area contributed by atoms with E-state index in [1.165, 1.54) is 7.11 Å². The van der Waals surface area contributed by atoms with Gasteiger partial charge in [0.15, 0.2) is 0 Å². The standard InChI is InChI=1S/C10H9ClO2.2C2H6/c1-7(10(12)13-2)8-3-5-9(11)6-4-8;2*1-2/h3-6H,1H2,2H3;2*1-2H3. The highest BCUT2D eigenvalue weighted by Crippen LogP contribution is 2.16. The third-order valence-corrected chi connectivity index (χ3v) is 1.88. The zero-order valence-corrected chi connectivity index (χ0v) is 12.0. The van der Waals surface area contributed by atoms with Gasteiger partial charge in [-0.1, -0.05) is 58.0 Å². The summed E-state index contributed by atoms with van der Waals surface area (Å²) in [6.07, 6.45) is 0. The van der Waals surface area contributed by atoms with E-state index in [-0.39, 0.29) is 0 Å². The lowest BCUT2D eigenvalue weighted by molar-refractivity contribution is -0.133. The van der Waals surface area contributed by atoms with Gasteiger partial charge in [0, 0.05) is 5.02 Å². The fourth-order valence-corrected chi connectivity index (χ4v) is 1.02. The van der Waals surface area contributed by atoms with Gasteiger partial charge in [-0.3, -0.25) is 0 Å². The topological polar surface area (TPSA) is 26.3 Å². The van der Waals surface area contributed by atoms with Crippen molar-refractivity contribution in [3.8, 4) is 0 Å². The van der Waals surface area contributed by atoms with Crippen LogP contribution in [0.5, 0.6) is 0 Å². The largest absolute Gasteiger partial charge is 0.465 e. The number of carbonyl (C=O) groups is 1. The van der Waals surface area contributed by atoms with Gasteiger partial charge in [-0.05, 0) is 17.7 Å². The average molecular weight is 257 g/mol. The van der Waals surface area contributed by atoms with Crippen LogP contribution in [0.1, 0.15) is 33.3 Å². The molecule has 0 aliphatic rings. The summed E-state index contributed by atoms with van der Waals surface area (Å²) in [5.74, 6) is -0.428. The molecule has 0 aliphatic carbocycles. The quantitative estimate of drug-likeness (QED) is 0.572. The van der Waals surface area contributed by atoms with Crippen molar-refractivity contribution in [3.63, 3.8) is 0 Å². The number of esters is 1. The van der Waals surface area contributed by atoms with E-state index in [1.807, 2.05) is 27.7 Å². The molecule has 0 spiro atoms. The highest BCUT2D eigenvalue weighted by molar-refractivity contribution is 6.30. The molecule has 0 saturated heterocycles. The number of ether oxygens (including phenoxy) is 1. The van der Waals surface area contributed by atoms with Crippen LogP contribution >= 0.6 is 11.6 Å². The van der Waals surface area contributed by atoms with Crippen molar-refractivity contribution in [2.75, 3.05) is 7.11 Å². The Labute approximate surface area is 109 Å². The third-order valence-electron chi connectivity index (χ3n) is 1.62. The molecule has 0 radical (unpaired) electrons. The Bertz CT molecular complexity index is 329. The minimum atomic E-state index is -0.428. The lowest BCUT2D eigenvalue weighted by Crippen LogP contribution is -2.02. The van der Waals surface area contributed by atoms with Crippen molar-refractivity contribution in [2.24, 2.45) is 0 Å².